The third kappa shape index (κ3) is 2.86. The number of likely N-dealkylation sites (tertiary alicyclic amines) is 1. The number of pyridine rings is 1. The first-order valence-corrected chi connectivity index (χ1v) is 8.58. The first-order chi connectivity index (χ1) is 10.4. The van der Waals surface area contributed by atoms with Gasteiger partial charge in [-0.25, -0.2) is 4.98 Å². The zero-order chi connectivity index (χ0) is 14.1. The smallest absolute Gasteiger partial charge is 0.142 e. The predicted molar refractivity (Wildman–Crippen MR) is 85.1 cm³/mol. The topological polar surface area (TPSA) is 41.1 Å². The van der Waals surface area contributed by atoms with Crippen molar-refractivity contribution < 1.29 is 0 Å². The van der Waals surface area contributed by atoms with Crippen LogP contribution in [0.5, 0.6) is 0 Å². The SMILES string of the molecule is c1ccc(-c2nc(CN3CCC4NCCC4C3)cs2)nc1. The summed E-state index contributed by atoms with van der Waals surface area (Å²) in [6.07, 6.45) is 4.44. The molecule has 2 aliphatic rings. The number of hydrogen-bond acceptors (Lipinski definition) is 5. The molecule has 0 bridgehead atoms. The molecule has 0 radical (unpaired) electrons. The second kappa shape index (κ2) is 5.83. The summed E-state index contributed by atoms with van der Waals surface area (Å²) in [5, 5.41) is 6.83. The average molecular weight is 300 g/mol. The lowest BCUT2D eigenvalue weighted by Gasteiger charge is -2.34. The molecule has 0 saturated carbocycles. The molecule has 110 valence electrons. The van der Waals surface area contributed by atoms with Gasteiger partial charge in [-0.1, -0.05) is 6.07 Å². The maximum absolute atomic E-state index is 4.76. The zero-order valence-corrected chi connectivity index (χ0v) is 12.9. The van der Waals surface area contributed by atoms with Crippen molar-refractivity contribution in [2.24, 2.45) is 5.92 Å². The van der Waals surface area contributed by atoms with Crippen LogP contribution in [0.4, 0.5) is 0 Å². The summed E-state index contributed by atoms with van der Waals surface area (Å²) in [5.41, 5.74) is 2.16. The highest BCUT2D eigenvalue weighted by atomic mass is 32.1. The van der Waals surface area contributed by atoms with E-state index in [0.717, 1.165) is 29.2 Å². The molecule has 2 fully saturated rings. The van der Waals surface area contributed by atoms with Gasteiger partial charge >= 0.3 is 0 Å². The number of fused-ring (bicyclic) bond motifs is 1. The van der Waals surface area contributed by atoms with Crippen molar-refractivity contribution in [3.05, 3.63) is 35.5 Å². The summed E-state index contributed by atoms with van der Waals surface area (Å²) in [6.45, 7) is 4.58. The number of piperidine rings is 1. The Hall–Kier alpha value is -1.30. The van der Waals surface area contributed by atoms with E-state index in [1.807, 2.05) is 24.4 Å². The number of rotatable bonds is 3. The highest BCUT2D eigenvalue weighted by Crippen LogP contribution is 2.27. The van der Waals surface area contributed by atoms with Gasteiger partial charge in [-0.15, -0.1) is 11.3 Å². The Kier molecular flexibility index (Phi) is 3.71. The second-order valence-corrected chi connectivity index (χ2v) is 6.85. The van der Waals surface area contributed by atoms with Gasteiger partial charge < -0.3 is 5.32 Å². The molecule has 0 aliphatic carbocycles. The predicted octanol–water partition coefficient (Wildman–Crippen LogP) is 2.39. The van der Waals surface area contributed by atoms with Gasteiger partial charge in [-0.2, -0.15) is 0 Å². The molecule has 2 aliphatic heterocycles. The number of nitrogens with zero attached hydrogens (tertiary/aromatic N) is 3. The maximum atomic E-state index is 4.76. The Bertz CT molecular complexity index is 597. The standard InChI is InChI=1S/C16H20N4S/c1-2-6-17-15(3-1)16-19-13(11-21-16)10-20-8-5-14-12(9-20)4-7-18-14/h1-3,6,11-12,14,18H,4-5,7-10H2. The van der Waals surface area contributed by atoms with Gasteiger partial charge in [0.15, 0.2) is 0 Å². The van der Waals surface area contributed by atoms with Gasteiger partial charge in [0.2, 0.25) is 0 Å². The van der Waals surface area contributed by atoms with Gasteiger partial charge in [0, 0.05) is 37.3 Å². The first-order valence-electron chi connectivity index (χ1n) is 7.70. The minimum Gasteiger partial charge on any atom is -0.314 e. The summed E-state index contributed by atoms with van der Waals surface area (Å²) in [4.78, 5) is 11.7. The molecule has 4 rings (SSSR count). The molecule has 1 N–H and O–H groups in total. The van der Waals surface area contributed by atoms with Crippen LogP contribution in [0.15, 0.2) is 29.8 Å². The monoisotopic (exact) mass is 300 g/mol. The largest absolute Gasteiger partial charge is 0.314 e. The highest BCUT2D eigenvalue weighted by Gasteiger charge is 2.32. The number of hydrogen-bond donors (Lipinski definition) is 1. The normalized spacial score (nSPS) is 25.9. The van der Waals surface area contributed by atoms with Crippen LogP contribution in [0, 0.1) is 5.92 Å². The lowest BCUT2D eigenvalue weighted by Crippen LogP contribution is -2.43. The van der Waals surface area contributed by atoms with Crippen molar-refractivity contribution >= 4 is 11.3 Å². The molecule has 4 nitrogen and oxygen atoms in total. The molecule has 2 saturated heterocycles. The Morgan fingerprint density at radius 1 is 1.33 bits per heavy atom. The molecule has 21 heavy (non-hydrogen) atoms. The molecule has 2 atom stereocenters. The van der Waals surface area contributed by atoms with E-state index < -0.39 is 0 Å². The molecule has 2 aromatic rings. The fourth-order valence-electron chi connectivity index (χ4n) is 3.48. The van der Waals surface area contributed by atoms with E-state index in [-0.39, 0.29) is 0 Å². The minimum absolute atomic E-state index is 0.765. The lowest BCUT2D eigenvalue weighted by atomic mass is 9.93. The molecule has 0 amide bonds. The van der Waals surface area contributed by atoms with Crippen molar-refractivity contribution in [2.45, 2.75) is 25.4 Å². The van der Waals surface area contributed by atoms with Crippen molar-refractivity contribution in [2.75, 3.05) is 19.6 Å². The van der Waals surface area contributed by atoms with Crippen molar-refractivity contribution in [1.29, 1.82) is 0 Å². The highest BCUT2D eigenvalue weighted by molar-refractivity contribution is 7.13. The molecule has 4 heterocycles. The third-order valence-corrected chi connectivity index (χ3v) is 5.47. The fourth-order valence-corrected chi connectivity index (χ4v) is 4.27. The summed E-state index contributed by atoms with van der Waals surface area (Å²) >= 11 is 1.70. The van der Waals surface area contributed by atoms with E-state index in [1.54, 1.807) is 11.3 Å². The summed E-state index contributed by atoms with van der Waals surface area (Å²) < 4.78 is 0. The third-order valence-electron chi connectivity index (χ3n) is 4.56. The van der Waals surface area contributed by atoms with Crippen LogP contribution in [0.2, 0.25) is 0 Å². The van der Waals surface area contributed by atoms with E-state index in [1.165, 1.54) is 38.2 Å². The van der Waals surface area contributed by atoms with Crippen LogP contribution in [0.1, 0.15) is 18.5 Å². The van der Waals surface area contributed by atoms with E-state index >= 15 is 0 Å². The Morgan fingerprint density at radius 2 is 2.33 bits per heavy atom. The first kappa shape index (κ1) is 13.4. The molecule has 5 heteroatoms. The quantitative estimate of drug-likeness (QED) is 0.945. The maximum Gasteiger partial charge on any atom is 0.142 e. The van der Waals surface area contributed by atoms with Crippen LogP contribution in [0.25, 0.3) is 10.7 Å². The van der Waals surface area contributed by atoms with E-state index in [2.05, 4.69) is 20.6 Å². The summed E-state index contributed by atoms with van der Waals surface area (Å²) in [5.74, 6) is 0.840. The van der Waals surface area contributed by atoms with Gasteiger partial charge in [0.05, 0.1) is 11.4 Å². The van der Waals surface area contributed by atoms with Crippen molar-refractivity contribution in [1.82, 2.24) is 20.2 Å². The average Bonchev–Trinajstić information content (AvgIpc) is 3.17. The second-order valence-electron chi connectivity index (χ2n) is 5.99. The van der Waals surface area contributed by atoms with Crippen LogP contribution in [-0.4, -0.2) is 40.5 Å². The Labute approximate surface area is 129 Å². The van der Waals surface area contributed by atoms with Crippen LogP contribution < -0.4 is 5.32 Å². The molecule has 2 unspecified atom stereocenters. The van der Waals surface area contributed by atoms with Crippen LogP contribution in [-0.2, 0) is 6.54 Å². The molecular formula is C16H20N4S. The van der Waals surface area contributed by atoms with E-state index in [9.17, 15) is 0 Å². The summed E-state index contributed by atoms with van der Waals surface area (Å²) in [7, 11) is 0. The van der Waals surface area contributed by atoms with Crippen molar-refractivity contribution in [3.63, 3.8) is 0 Å². The molecule has 2 aromatic heterocycles. The van der Waals surface area contributed by atoms with Crippen LogP contribution in [0.3, 0.4) is 0 Å². The van der Waals surface area contributed by atoms with Gasteiger partial charge in [-0.3, -0.25) is 9.88 Å². The van der Waals surface area contributed by atoms with Gasteiger partial charge in [0.25, 0.3) is 0 Å². The van der Waals surface area contributed by atoms with E-state index in [4.69, 9.17) is 4.98 Å². The van der Waals surface area contributed by atoms with E-state index in [0.29, 0.717) is 0 Å². The van der Waals surface area contributed by atoms with Gasteiger partial charge in [-0.05, 0) is 37.4 Å². The number of aromatic nitrogens is 2. The number of nitrogens with one attached hydrogen (secondary N) is 1. The van der Waals surface area contributed by atoms with Gasteiger partial charge in [0.1, 0.15) is 5.01 Å². The van der Waals surface area contributed by atoms with Crippen LogP contribution >= 0.6 is 11.3 Å². The Balaban J connectivity index is 1.42. The number of thiazole rings is 1. The lowest BCUT2D eigenvalue weighted by molar-refractivity contribution is 0.154. The molecular weight excluding hydrogens is 280 g/mol. The Morgan fingerprint density at radius 3 is 3.24 bits per heavy atom. The summed E-state index contributed by atoms with van der Waals surface area (Å²) in [6, 6.07) is 6.75. The zero-order valence-electron chi connectivity index (χ0n) is 12.0. The fraction of sp³-hybridized carbons (Fsp3) is 0.500. The molecule has 0 spiro atoms. The minimum atomic E-state index is 0.765. The molecule has 0 aromatic carbocycles. The van der Waals surface area contributed by atoms with Crippen molar-refractivity contribution in [3.8, 4) is 10.7 Å².